The van der Waals surface area contributed by atoms with Crippen LogP contribution in [0.5, 0.6) is 5.75 Å². The van der Waals surface area contributed by atoms with Gasteiger partial charge in [0, 0.05) is 11.9 Å². The molecule has 0 unspecified atom stereocenters. The Hall–Kier alpha value is -0.430. The van der Waals surface area contributed by atoms with Crippen molar-refractivity contribution in [2.24, 2.45) is 5.73 Å². The monoisotopic (exact) mass is 404 g/mol. The number of aromatic nitrogens is 1. The normalized spacial score (nSPS) is 10.7. The number of aryl methyl sites for hydroxylation is 1. The highest BCUT2D eigenvalue weighted by molar-refractivity contribution is 9.11. The van der Waals surface area contributed by atoms with Crippen LogP contribution in [0.4, 0.5) is 0 Å². The van der Waals surface area contributed by atoms with E-state index in [9.17, 15) is 0 Å². The van der Waals surface area contributed by atoms with Crippen LogP contribution in [-0.2, 0) is 19.6 Å². The van der Waals surface area contributed by atoms with Gasteiger partial charge < -0.3 is 10.5 Å². The summed E-state index contributed by atoms with van der Waals surface area (Å²) in [5, 5.41) is 3.17. The quantitative estimate of drug-likeness (QED) is 0.807. The van der Waals surface area contributed by atoms with Crippen molar-refractivity contribution in [2.75, 3.05) is 0 Å². The fourth-order valence-electron chi connectivity index (χ4n) is 1.59. The van der Waals surface area contributed by atoms with E-state index in [0.29, 0.717) is 13.2 Å². The lowest BCUT2D eigenvalue weighted by molar-refractivity contribution is 0.298. The predicted molar refractivity (Wildman–Crippen MR) is 85.6 cm³/mol. The average Bonchev–Trinajstić information content (AvgIpc) is 2.85. The van der Waals surface area contributed by atoms with Crippen LogP contribution in [0.2, 0.25) is 0 Å². The van der Waals surface area contributed by atoms with Crippen LogP contribution in [0.3, 0.4) is 0 Å². The molecule has 0 spiro atoms. The first-order valence-electron chi connectivity index (χ1n) is 5.88. The molecular formula is C13H14Br2N2OS. The van der Waals surface area contributed by atoms with Crippen molar-refractivity contribution < 1.29 is 4.74 Å². The molecule has 2 N–H and O–H groups in total. The Balaban J connectivity index is 2.11. The maximum Gasteiger partial charge on any atom is 0.148 e. The van der Waals surface area contributed by atoms with Crippen molar-refractivity contribution in [1.82, 2.24) is 4.98 Å². The lowest BCUT2D eigenvalue weighted by atomic mass is 10.2. The van der Waals surface area contributed by atoms with Gasteiger partial charge in [0.1, 0.15) is 12.4 Å². The molecule has 2 aromatic rings. The predicted octanol–water partition coefficient (Wildman–Crippen LogP) is 4.27. The lowest BCUT2D eigenvalue weighted by Crippen LogP contribution is -2.00. The molecule has 0 radical (unpaired) electrons. The number of benzene rings is 1. The van der Waals surface area contributed by atoms with Gasteiger partial charge >= 0.3 is 0 Å². The molecule has 0 aliphatic rings. The van der Waals surface area contributed by atoms with Crippen LogP contribution in [0, 0.1) is 0 Å². The first-order chi connectivity index (χ1) is 9.13. The smallest absolute Gasteiger partial charge is 0.148 e. The van der Waals surface area contributed by atoms with Crippen LogP contribution in [-0.4, -0.2) is 4.98 Å². The zero-order valence-electron chi connectivity index (χ0n) is 10.5. The van der Waals surface area contributed by atoms with E-state index in [4.69, 9.17) is 10.5 Å². The van der Waals surface area contributed by atoms with Gasteiger partial charge in [-0.05, 0) is 56.0 Å². The molecule has 6 heteroatoms. The summed E-state index contributed by atoms with van der Waals surface area (Å²) >= 11 is 8.67. The molecule has 0 amide bonds. The van der Waals surface area contributed by atoms with E-state index >= 15 is 0 Å². The summed E-state index contributed by atoms with van der Waals surface area (Å²) in [4.78, 5) is 4.48. The van der Waals surface area contributed by atoms with Gasteiger partial charge in [0.05, 0.1) is 19.6 Å². The summed E-state index contributed by atoms with van der Waals surface area (Å²) in [6.07, 6.45) is 0.962. The topological polar surface area (TPSA) is 48.1 Å². The third kappa shape index (κ3) is 3.78. The third-order valence-electron chi connectivity index (χ3n) is 2.56. The number of nitrogens with zero attached hydrogens (tertiary/aromatic N) is 1. The van der Waals surface area contributed by atoms with E-state index in [0.717, 1.165) is 37.4 Å². The van der Waals surface area contributed by atoms with Crippen LogP contribution in [0.25, 0.3) is 0 Å². The van der Waals surface area contributed by atoms with Crippen molar-refractivity contribution in [3.05, 3.63) is 42.7 Å². The van der Waals surface area contributed by atoms with E-state index in [1.165, 1.54) is 0 Å². The molecule has 0 saturated heterocycles. The lowest BCUT2D eigenvalue weighted by Gasteiger charge is -2.10. The Morgan fingerprint density at radius 3 is 2.53 bits per heavy atom. The number of hydrogen-bond donors (Lipinski definition) is 1. The maximum absolute atomic E-state index is 5.82. The van der Waals surface area contributed by atoms with E-state index in [1.807, 2.05) is 17.5 Å². The molecular weight excluding hydrogens is 392 g/mol. The standard InChI is InChI=1S/C13H14Br2N2OS/c1-2-12-17-9(7-19-12)6-18-13-10(14)3-8(5-16)4-11(13)15/h3-4,7H,2,5-6,16H2,1H3. The second kappa shape index (κ2) is 6.83. The second-order valence-electron chi connectivity index (χ2n) is 3.97. The molecule has 3 nitrogen and oxygen atoms in total. The van der Waals surface area contributed by atoms with Gasteiger partial charge in [-0.3, -0.25) is 0 Å². The molecule has 19 heavy (non-hydrogen) atoms. The summed E-state index contributed by atoms with van der Waals surface area (Å²) in [6, 6.07) is 3.94. The van der Waals surface area contributed by atoms with Gasteiger partial charge in [-0.2, -0.15) is 0 Å². The number of nitrogens with two attached hydrogens (primary N) is 1. The number of hydrogen-bond acceptors (Lipinski definition) is 4. The molecule has 0 aliphatic carbocycles. The van der Waals surface area contributed by atoms with Crippen molar-refractivity contribution in [3.8, 4) is 5.75 Å². The highest BCUT2D eigenvalue weighted by Gasteiger charge is 2.10. The fraction of sp³-hybridized carbons (Fsp3) is 0.308. The van der Waals surface area contributed by atoms with Gasteiger partial charge in [-0.1, -0.05) is 6.92 Å². The number of halogens is 2. The average molecular weight is 406 g/mol. The Labute approximate surface area is 133 Å². The molecule has 1 aromatic carbocycles. The van der Waals surface area contributed by atoms with Crippen molar-refractivity contribution in [1.29, 1.82) is 0 Å². The van der Waals surface area contributed by atoms with Crippen LogP contribution < -0.4 is 10.5 Å². The van der Waals surface area contributed by atoms with E-state index in [2.05, 4.69) is 43.8 Å². The van der Waals surface area contributed by atoms with Gasteiger partial charge in [0.15, 0.2) is 0 Å². The minimum absolute atomic E-state index is 0.468. The van der Waals surface area contributed by atoms with E-state index in [-0.39, 0.29) is 0 Å². The molecule has 0 fully saturated rings. The molecule has 1 aromatic heterocycles. The minimum atomic E-state index is 0.468. The highest BCUT2D eigenvalue weighted by atomic mass is 79.9. The van der Waals surface area contributed by atoms with Gasteiger partial charge in [-0.25, -0.2) is 4.98 Å². The molecule has 0 atom stereocenters. The van der Waals surface area contributed by atoms with Crippen molar-refractivity contribution >= 4 is 43.2 Å². The van der Waals surface area contributed by atoms with Crippen LogP contribution in [0.15, 0.2) is 26.5 Å². The Morgan fingerprint density at radius 2 is 2.00 bits per heavy atom. The molecule has 2 rings (SSSR count). The number of thiazole rings is 1. The number of rotatable bonds is 5. The van der Waals surface area contributed by atoms with Gasteiger partial charge in [0.2, 0.25) is 0 Å². The van der Waals surface area contributed by atoms with Crippen LogP contribution >= 0.6 is 43.2 Å². The molecule has 1 heterocycles. The van der Waals surface area contributed by atoms with E-state index in [1.54, 1.807) is 11.3 Å². The zero-order valence-corrected chi connectivity index (χ0v) is 14.4. The molecule has 0 saturated carbocycles. The summed E-state index contributed by atoms with van der Waals surface area (Å²) in [5.41, 5.74) is 7.64. The van der Waals surface area contributed by atoms with Crippen molar-refractivity contribution in [3.63, 3.8) is 0 Å². The third-order valence-corrected chi connectivity index (χ3v) is 4.78. The highest BCUT2D eigenvalue weighted by Crippen LogP contribution is 2.35. The summed E-state index contributed by atoms with van der Waals surface area (Å²) < 4.78 is 7.61. The maximum atomic E-state index is 5.82. The Kier molecular flexibility index (Phi) is 5.38. The SMILES string of the molecule is CCc1nc(COc2c(Br)cc(CN)cc2Br)cs1. The van der Waals surface area contributed by atoms with E-state index < -0.39 is 0 Å². The molecule has 0 bridgehead atoms. The second-order valence-corrected chi connectivity index (χ2v) is 6.62. The van der Waals surface area contributed by atoms with Gasteiger partial charge in [0.25, 0.3) is 0 Å². The van der Waals surface area contributed by atoms with Crippen LogP contribution in [0.1, 0.15) is 23.2 Å². The molecule has 0 aliphatic heterocycles. The minimum Gasteiger partial charge on any atom is -0.485 e. The summed E-state index contributed by atoms with van der Waals surface area (Å²) in [7, 11) is 0. The Bertz CT molecular complexity index is 549. The summed E-state index contributed by atoms with van der Waals surface area (Å²) in [5.74, 6) is 0.781. The zero-order chi connectivity index (χ0) is 13.8. The number of ether oxygens (including phenoxy) is 1. The largest absolute Gasteiger partial charge is 0.485 e. The first kappa shape index (κ1) is 15.0. The van der Waals surface area contributed by atoms with Crippen molar-refractivity contribution in [2.45, 2.75) is 26.5 Å². The molecule has 102 valence electrons. The fourth-order valence-corrected chi connectivity index (χ4v) is 3.83. The first-order valence-corrected chi connectivity index (χ1v) is 8.34. The summed E-state index contributed by atoms with van der Waals surface area (Å²) in [6.45, 7) is 3.07. The Morgan fingerprint density at radius 1 is 1.32 bits per heavy atom. The van der Waals surface area contributed by atoms with Gasteiger partial charge in [-0.15, -0.1) is 11.3 Å².